The number of nitrogens with one attached hydrogen (secondary N) is 1. The minimum atomic E-state index is -4.18. The molecular formula is C22H26F4N2O4S. The lowest BCUT2D eigenvalue weighted by atomic mass is 9.83. The Hall–Kier alpha value is -2.21. The van der Waals surface area contributed by atoms with Gasteiger partial charge in [-0.1, -0.05) is 26.0 Å². The second-order valence-corrected chi connectivity index (χ2v) is 10.7. The van der Waals surface area contributed by atoms with Crippen molar-refractivity contribution in [3.05, 3.63) is 58.9 Å². The molecule has 11 heteroatoms. The fraction of sp³-hybridized carbons (Fsp3) is 0.455. The molecule has 0 saturated carbocycles. The lowest BCUT2D eigenvalue weighted by molar-refractivity contribution is 0.0483. The van der Waals surface area contributed by atoms with Gasteiger partial charge in [0.25, 0.3) is 0 Å². The quantitative estimate of drug-likeness (QED) is 0.325. The van der Waals surface area contributed by atoms with Gasteiger partial charge < -0.3 is 15.5 Å². The first kappa shape index (κ1) is 25.4. The van der Waals surface area contributed by atoms with Gasteiger partial charge in [-0.2, -0.15) is 4.31 Å². The number of aliphatic hydroxyl groups is 2. The van der Waals surface area contributed by atoms with E-state index in [0.29, 0.717) is 18.6 Å². The van der Waals surface area contributed by atoms with Crippen molar-refractivity contribution in [2.24, 2.45) is 5.41 Å². The minimum absolute atomic E-state index is 0.00824. The summed E-state index contributed by atoms with van der Waals surface area (Å²) in [5.41, 5.74) is -0.893. The maximum atomic E-state index is 13.6. The molecule has 1 aliphatic heterocycles. The largest absolute Gasteiger partial charge is 0.393 e. The summed E-state index contributed by atoms with van der Waals surface area (Å²) >= 11 is 0. The summed E-state index contributed by atoms with van der Waals surface area (Å²) in [6, 6.07) is 4.84. The van der Waals surface area contributed by atoms with E-state index in [2.05, 4.69) is 5.32 Å². The lowest BCUT2D eigenvalue weighted by Gasteiger charge is -2.27. The third kappa shape index (κ3) is 5.32. The van der Waals surface area contributed by atoms with Gasteiger partial charge in [0.05, 0.1) is 11.0 Å². The third-order valence-electron chi connectivity index (χ3n) is 6.02. The second-order valence-electron chi connectivity index (χ2n) is 8.75. The Bertz CT molecular complexity index is 1100. The van der Waals surface area contributed by atoms with Crippen LogP contribution in [0.2, 0.25) is 0 Å². The number of rotatable bonds is 6. The van der Waals surface area contributed by atoms with E-state index < -0.39 is 51.9 Å². The van der Waals surface area contributed by atoms with E-state index in [-0.39, 0.29) is 41.2 Å². The zero-order chi connectivity index (χ0) is 24.6. The van der Waals surface area contributed by atoms with Gasteiger partial charge in [-0.25, -0.2) is 26.0 Å². The van der Waals surface area contributed by atoms with Crippen LogP contribution in [0.25, 0.3) is 0 Å². The van der Waals surface area contributed by atoms with Gasteiger partial charge in [0.2, 0.25) is 10.0 Å². The number of hydrogen-bond acceptors (Lipinski definition) is 5. The van der Waals surface area contributed by atoms with Crippen LogP contribution < -0.4 is 5.32 Å². The van der Waals surface area contributed by atoms with Crippen LogP contribution in [0.5, 0.6) is 0 Å². The van der Waals surface area contributed by atoms with Crippen LogP contribution in [0.3, 0.4) is 0 Å². The molecule has 2 unspecified atom stereocenters. The summed E-state index contributed by atoms with van der Waals surface area (Å²) in [6.45, 7) is 2.76. The summed E-state index contributed by atoms with van der Waals surface area (Å²) in [7, 11) is -4.18. The van der Waals surface area contributed by atoms with Crippen molar-refractivity contribution in [2.45, 2.75) is 50.6 Å². The molecule has 2 aromatic rings. The highest BCUT2D eigenvalue weighted by atomic mass is 32.2. The molecule has 0 aliphatic carbocycles. The number of aliphatic hydroxyl groups excluding tert-OH is 2. The zero-order valence-corrected chi connectivity index (χ0v) is 19.0. The molecule has 2 aromatic carbocycles. The van der Waals surface area contributed by atoms with E-state index in [1.54, 1.807) is 0 Å². The van der Waals surface area contributed by atoms with Gasteiger partial charge in [0.1, 0.15) is 6.67 Å². The van der Waals surface area contributed by atoms with Gasteiger partial charge in [-0.3, -0.25) is 0 Å². The molecule has 6 nitrogen and oxygen atoms in total. The van der Waals surface area contributed by atoms with Crippen molar-refractivity contribution in [3.63, 3.8) is 0 Å². The molecule has 1 fully saturated rings. The molecule has 0 spiro atoms. The summed E-state index contributed by atoms with van der Waals surface area (Å²) in [5, 5.41) is 23.1. The van der Waals surface area contributed by atoms with Crippen LogP contribution in [-0.2, 0) is 16.7 Å². The van der Waals surface area contributed by atoms with Crippen molar-refractivity contribution >= 4 is 15.7 Å². The van der Waals surface area contributed by atoms with E-state index in [9.17, 15) is 36.2 Å². The molecule has 2 atom stereocenters. The third-order valence-corrected chi connectivity index (χ3v) is 8.00. The Morgan fingerprint density at radius 3 is 2.39 bits per heavy atom. The van der Waals surface area contributed by atoms with Gasteiger partial charge in [0, 0.05) is 42.0 Å². The number of benzene rings is 2. The summed E-state index contributed by atoms with van der Waals surface area (Å²) in [6.07, 6.45) is -1.72. The molecule has 3 N–H and O–H groups in total. The molecule has 1 aliphatic rings. The van der Waals surface area contributed by atoms with Crippen molar-refractivity contribution in [1.82, 2.24) is 4.31 Å². The minimum Gasteiger partial charge on any atom is -0.393 e. The number of anilines is 1. The van der Waals surface area contributed by atoms with Crippen LogP contribution in [0.1, 0.15) is 44.0 Å². The Morgan fingerprint density at radius 2 is 1.79 bits per heavy atom. The van der Waals surface area contributed by atoms with Crippen LogP contribution in [0.15, 0.2) is 35.2 Å². The van der Waals surface area contributed by atoms with Crippen LogP contribution in [-0.4, -0.2) is 42.1 Å². The first-order valence-electron chi connectivity index (χ1n) is 10.3. The maximum absolute atomic E-state index is 13.6. The summed E-state index contributed by atoms with van der Waals surface area (Å²) < 4.78 is 81.5. The normalized spacial score (nSPS) is 20.3. The van der Waals surface area contributed by atoms with E-state index >= 15 is 0 Å². The Balaban J connectivity index is 1.92. The molecule has 1 heterocycles. The average Bonchev–Trinajstić information content (AvgIpc) is 2.89. The van der Waals surface area contributed by atoms with Crippen LogP contribution in [0.4, 0.5) is 23.2 Å². The average molecular weight is 491 g/mol. The number of alkyl halides is 1. The maximum Gasteiger partial charge on any atom is 0.243 e. The van der Waals surface area contributed by atoms with Crippen LogP contribution >= 0.6 is 0 Å². The molecule has 182 valence electrons. The molecule has 1 saturated heterocycles. The van der Waals surface area contributed by atoms with Gasteiger partial charge >= 0.3 is 0 Å². The zero-order valence-electron chi connectivity index (χ0n) is 18.2. The summed E-state index contributed by atoms with van der Waals surface area (Å²) in [4.78, 5) is -0.353. The predicted molar refractivity (Wildman–Crippen MR) is 114 cm³/mol. The molecule has 0 radical (unpaired) electrons. The SMILES string of the molecule is CC1(C)CCN(S(=O)(=O)c2cc(C(O)Nc3cc(F)c(F)c(F)c3)ccc2CF)CCC1O. The van der Waals surface area contributed by atoms with Crippen molar-refractivity contribution in [3.8, 4) is 0 Å². The number of halogens is 4. The monoisotopic (exact) mass is 490 g/mol. The second kappa shape index (κ2) is 9.57. The van der Waals surface area contributed by atoms with E-state index in [1.165, 1.54) is 16.4 Å². The van der Waals surface area contributed by atoms with Crippen molar-refractivity contribution < 1.29 is 36.2 Å². The van der Waals surface area contributed by atoms with E-state index in [1.807, 2.05) is 13.8 Å². The topological polar surface area (TPSA) is 89.9 Å². The van der Waals surface area contributed by atoms with Crippen molar-refractivity contribution in [1.29, 1.82) is 0 Å². The molecule has 3 rings (SSSR count). The summed E-state index contributed by atoms with van der Waals surface area (Å²) in [5.74, 6) is -4.60. The molecule has 0 aromatic heterocycles. The smallest absolute Gasteiger partial charge is 0.243 e. The Labute approximate surface area is 189 Å². The van der Waals surface area contributed by atoms with E-state index in [4.69, 9.17) is 0 Å². The van der Waals surface area contributed by atoms with Gasteiger partial charge in [-0.05, 0) is 24.3 Å². The molecule has 0 amide bonds. The van der Waals surface area contributed by atoms with Crippen molar-refractivity contribution in [2.75, 3.05) is 18.4 Å². The number of nitrogens with zero attached hydrogens (tertiary/aromatic N) is 1. The number of sulfonamides is 1. The fourth-order valence-electron chi connectivity index (χ4n) is 3.70. The first-order valence-corrected chi connectivity index (χ1v) is 11.8. The van der Waals surface area contributed by atoms with Crippen LogP contribution in [0, 0.1) is 22.9 Å². The molecular weight excluding hydrogens is 464 g/mol. The fourth-order valence-corrected chi connectivity index (χ4v) is 5.39. The first-order chi connectivity index (χ1) is 15.4. The van der Waals surface area contributed by atoms with Gasteiger partial charge in [0.15, 0.2) is 23.7 Å². The highest BCUT2D eigenvalue weighted by Crippen LogP contribution is 2.34. The highest BCUT2D eigenvalue weighted by Gasteiger charge is 2.36. The standard InChI is InChI=1S/C22H26F4N2O4S/c1-22(2)6-8-28(7-5-19(22)29)33(31,32)18-9-13(3-4-14(18)12-23)21(30)27-15-10-16(24)20(26)17(25)11-15/h3-4,9-11,19,21,27,29-30H,5-8,12H2,1-2H3. The Kier molecular flexibility index (Phi) is 7.37. The molecule has 0 bridgehead atoms. The van der Waals surface area contributed by atoms with Gasteiger partial charge in [-0.15, -0.1) is 0 Å². The Morgan fingerprint density at radius 1 is 1.15 bits per heavy atom. The highest BCUT2D eigenvalue weighted by molar-refractivity contribution is 7.89. The predicted octanol–water partition coefficient (Wildman–Crippen LogP) is 3.85. The molecule has 33 heavy (non-hydrogen) atoms. The number of hydrogen-bond donors (Lipinski definition) is 3. The lowest BCUT2D eigenvalue weighted by Crippen LogP contribution is -2.33. The van der Waals surface area contributed by atoms with E-state index in [0.717, 1.165) is 6.07 Å².